The van der Waals surface area contributed by atoms with E-state index in [1.807, 2.05) is 29.7 Å². The van der Waals surface area contributed by atoms with E-state index in [9.17, 15) is 9.59 Å². The van der Waals surface area contributed by atoms with Crippen molar-refractivity contribution < 1.29 is 23.9 Å². The maximum Gasteiger partial charge on any atom is 0.441 e. The van der Waals surface area contributed by atoms with E-state index in [1.165, 1.54) is 0 Å². The molecule has 0 heterocycles. The fourth-order valence-electron chi connectivity index (χ4n) is 2.01. The van der Waals surface area contributed by atoms with Crippen molar-refractivity contribution in [3.05, 3.63) is 29.8 Å². The van der Waals surface area contributed by atoms with Crippen LogP contribution in [-0.2, 0) is 20.8 Å². The summed E-state index contributed by atoms with van der Waals surface area (Å²) in [6, 6.07) is 7.68. The Kier molecular flexibility index (Phi) is 5.70. The normalized spacial score (nSPS) is 15.3. The zero-order valence-electron chi connectivity index (χ0n) is 14.6. The highest BCUT2D eigenvalue weighted by Crippen LogP contribution is 2.27. The van der Waals surface area contributed by atoms with E-state index in [2.05, 4.69) is 0 Å². The number of rotatable bonds is 5. The van der Waals surface area contributed by atoms with Crippen molar-refractivity contribution in [2.24, 2.45) is 5.92 Å². The molecule has 1 unspecified atom stereocenters. The van der Waals surface area contributed by atoms with Gasteiger partial charge in [0.15, 0.2) is 0 Å². The maximum absolute atomic E-state index is 11.9. The van der Waals surface area contributed by atoms with Crippen molar-refractivity contribution in [1.82, 2.24) is 5.48 Å². The van der Waals surface area contributed by atoms with Crippen LogP contribution < -0.4 is 10.2 Å². The summed E-state index contributed by atoms with van der Waals surface area (Å²) >= 11 is 0. The second kappa shape index (κ2) is 7.55. The minimum Gasteiger partial charge on any atom is -0.490 e. The Hall–Kier alpha value is -2.24. The van der Waals surface area contributed by atoms with Gasteiger partial charge in [-0.1, -0.05) is 19.1 Å². The molecule has 1 saturated carbocycles. The fraction of sp³-hybridized carbons (Fsp3) is 0.556. The lowest BCUT2D eigenvalue weighted by molar-refractivity contribution is -0.154. The molecule has 1 N–H and O–H groups in total. The van der Waals surface area contributed by atoms with Gasteiger partial charge in [-0.2, -0.15) is 0 Å². The summed E-state index contributed by atoms with van der Waals surface area (Å²) in [4.78, 5) is 28.2. The lowest BCUT2D eigenvalue weighted by Crippen LogP contribution is -2.35. The van der Waals surface area contributed by atoms with Gasteiger partial charge in [-0.25, -0.2) is 9.59 Å². The number of hydroxylamine groups is 1. The summed E-state index contributed by atoms with van der Waals surface area (Å²) in [5, 5.41) is 0. The van der Waals surface area contributed by atoms with Gasteiger partial charge in [0, 0.05) is 0 Å². The van der Waals surface area contributed by atoms with Crippen molar-refractivity contribution in [2.45, 2.75) is 58.7 Å². The van der Waals surface area contributed by atoms with Gasteiger partial charge in [-0.3, -0.25) is 0 Å². The number of nitrogens with one attached hydrogen (secondary N) is 1. The number of carbonyl (C=O) groups excluding carboxylic acids is 2. The van der Waals surface area contributed by atoms with Crippen LogP contribution in [0.2, 0.25) is 0 Å². The highest BCUT2D eigenvalue weighted by Gasteiger charge is 2.23. The van der Waals surface area contributed by atoms with E-state index >= 15 is 0 Å². The number of hydrogen-bond acceptors (Lipinski definition) is 5. The minimum absolute atomic E-state index is 0.365. The molecule has 1 aliphatic rings. The first-order chi connectivity index (χ1) is 11.2. The number of benzene rings is 1. The Labute approximate surface area is 142 Å². The van der Waals surface area contributed by atoms with Crippen LogP contribution in [-0.4, -0.2) is 23.8 Å². The van der Waals surface area contributed by atoms with Gasteiger partial charge in [-0.15, -0.1) is 5.48 Å². The van der Waals surface area contributed by atoms with Crippen LogP contribution in [0, 0.1) is 5.92 Å². The molecule has 1 aliphatic carbocycles. The standard InChI is InChI=1S/C18H25NO5/c1-12(16(20)24-19-17(21)23-18(2,3)4)11-13-5-7-14(8-6-13)22-15-9-10-15/h5-8,12,15H,9-11H2,1-4H3,(H,19,21). The summed E-state index contributed by atoms with van der Waals surface area (Å²) in [5.74, 6) is -0.0580. The smallest absolute Gasteiger partial charge is 0.441 e. The van der Waals surface area contributed by atoms with Gasteiger partial charge < -0.3 is 14.3 Å². The zero-order valence-corrected chi connectivity index (χ0v) is 14.6. The molecule has 6 nitrogen and oxygen atoms in total. The number of amides is 1. The Bertz CT molecular complexity index is 572. The van der Waals surface area contributed by atoms with Crippen LogP contribution in [0.15, 0.2) is 24.3 Å². The number of hydrogen-bond donors (Lipinski definition) is 1. The van der Waals surface area contributed by atoms with Crippen LogP contribution in [0.1, 0.15) is 46.1 Å². The molecule has 1 aromatic carbocycles. The lowest BCUT2D eigenvalue weighted by Gasteiger charge is -2.19. The van der Waals surface area contributed by atoms with E-state index in [0.717, 1.165) is 24.2 Å². The van der Waals surface area contributed by atoms with Crippen LogP contribution in [0.5, 0.6) is 5.75 Å². The Morgan fingerprint density at radius 3 is 2.38 bits per heavy atom. The van der Waals surface area contributed by atoms with E-state index in [4.69, 9.17) is 14.3 Å². The maximum atomic E-state index is 11.9. The van der Waals surface area contributed by atoms with E-state index in [1.54, 1.807) is 27.7 Å². The molecule has 1 atom stereocenters. The van der Waals surface area contributed by atoms with Crippen LogP contribution in [0.3, 0.4) is 0 Å². The van der Waals surface area contributed by atoms with Crippen molar-refractivity contribution in [2.75, 3.05) is 0 Å². The van der Waals surface area contributed by atoms with Gasteiger partial charge in [0.2, 0.25) is 0 Å². The summed E-state index contributed by atoms with van der Waals surface area (Å²) in [7, 11) is 0. The largest absolute Gasteiger partial charge is 0.490 e. The zero-order chi connectivity index (χ0) is 17.7. The van der Waals surface area contributed by atoms with Crippen molar-refractivity contribution in [3.8, 4) is 5.75 Å². The average Bonchev–Trinajstić information content (AvgIpc) is 3.29. The molecule has 0 bridgehead atoms. The Morgan fingerprint density at radius 2 is 1.83 bits per heavy atom. The SMILES string of the molecule is CC(Cc1ccc(OC2CC2)cc1)C(=O)ONC(=O)OC(C)(C)C. The first kappa shape index (κ1) is 18.1. The first-order valence-corrected chi connectivity index (χ1v) is 8.18. The van der Waals surface area contributed by atoms with Crippen LogP contribution in [0.4, 0.5) is 4.79 Å². The molecule has 0 spiro atoms. The van der Waals surface area contributed by atoms with Crippen LogP contribution in [0.25, 0.3) is 0 Å². The van der Waals surface area contributed by atoms with Crippen molar-refractivity contribution >= 4 is 12.1 Å². The quantitative estimate of drug-likeness (QED) is 0.835. The molecule has 0 aromatic heterocycles. The third-order valence-corrected chi connectivity index (χ3v) is 3.33. The third kappa shape index (κ3) is 6.48. The minimum atomic E-state index is -0.787. The Balaban J connectivity index is 1.75. The lowest BCUT2D eigenvalue weighted by atomic mass is 10.0. The molecule has 1 amide bonds. The molecule has 2 rings (SSSR count). The van der Waals surface area contributed by atoms with E-state index in [-0.39, 0.29) is 0 Å². The van der Waals surface area contributed by atoms with Gasteiger partial charge in [0.25, 0.3) is 0 Å². The number of ether oxygens (including phenoxy) is 2. The molecule has 0 radical (unpaired) electrons. The van der Waals surface area contributed by atoms with Gasteiger partial charge in [0.05, 0.1) is 12.0 Å². The highest BCUT2D eigenvalue weighted by molar-refractivity contribution is 5.75. The summed E-state index contributed by atoms with van der Waals surface area (Å²) in [5.41, 5.74) is 2.37. The Morgan fingerprint density at radius 1 is 1.21 bits per heavy atom. The predicted molar refractivity (Wildman–Crippen MR) is 88.4 cm³/mol. The van der Waals surface area contributed by atoms with Crippen molar-refractivity contribution in [3.63, 3.8) is 0 Å². The average molecular weight is 335 g/mol. The van der Waals surface area contributed by atoms with Crippen LogP contribution >= 0.6 is 0 Å². The summed E-state index contributed by atoms with van der Waals surface area (Å²) in [6.45, 7) is 6.93. The molecule has 132 valence electrons. The van der Waals surface area contributed by atoms with E-state index < -0.39 is 23.6 Å². The molecular weight excluding hydrogens is 310 g/mol. The number of carbonyl (C=O) groups is 2. The topological polar surface area (TPSA) is 73.9 Å². The van der Waals surface area contributed by atoms with Gasteiger partial charge in [0.1, 0.15) is 11.4 Å². The third-order valence-electron chi connectivity index (χ3n) is 3.33. The summed E-state index contributed by atoms with van der Waals surface area (Å²) < 4.78 is 10.7. The second-order valence-electron chi connectivity index (χ2n) is 7.09. The highest BCUT2D eigenvalue weighted by atomic mass is 16.7. The predicted octanol–water partition coefficient (Wildman–Crippen LogP) is 3.39. The van der Waals surface area contributed by atoms with Crippen molar-refractivity contribution in [1.29, 1.82) is 0 Å². The second-order valence-corrected chi connectivity index (χ2v) is 7.09. The molecule has 24 heavy (non-hydrogen) atoms. The molecule has 6 heteroatoms. The molecule has 0 saturated heterocycles. The molecule has 0 aliphatic heterocycles. The molecule has 1 fully saturated rings. The first-order valence-electron chi connectivity index (χ1n) is 8.18. The fourth-order valence-corrected chi connectivity index (χ4v) is 2.01. The van der Waals surface area contributed by atoms with Gasteiger partial charge in [-0.05, 0) is 57.7 Å². The molecule has 1 aromatic rings. The molecular formula is C18H25NO5. The van der Waals surface area contributed by atoms with Gasteiger partial charge >= 0.3 is 12.1 Å². The monoisotopic (exact) mass is 335 g/mol. The summed E-state index contributed by atoms with van der Waals surface area (Å²) in [6.07, 6.45) is 2.33. The van der Waals surface area contributed by atoms with E-state index in [0.29, 0.717) is 12.5 Å².